The zero-order valence-electron chi connectivity index (χ0n) is 12.7. The predicted octanol–water partition coefficient (Wildman–Crippen LogP) is 1.99. The van der Waals surface area contributed by atoms with Crippen LogP contribution in [-0.2, 0) is 9.59 Å². The van der Waals surface area contributed by atoms with Crippen LogP contribution in [0.3, 0.4) is 0 Å². The summed E-state index contributed by atoms with van der Waals surface area (Å²) in [4.78, 5) is 33.7. The molecule has 0 aliphatic carbocycles. The van der Waals surface area contributed by atoms with Gasteiger partial charge in [-0.1, -0.05) is 24.3 Å². The van der Waals surface area contributed by atoms with E-state index >= 15 is 0 Å². The Hall–Kier alpha value is -3.55. The molecule has 24 heavy (non-hydrogen) atoms. The summed E-state index contributed by atoms with van der Waals surface area (Å²) in [5.41, 5.74) is 3.50. The van der Waals surface area contributed by atoms with Gasteiger partial charge in [0, 0.05) is 11.8 Å². The van der Waals surface area contributed by atoms with Crippen LogP contribution < -0.4 is 10.7 Å². The van der Waals surface area contributed by atoms with Crippen molar-refractivity contribution in [1.29, 1.82) is 0 Å². The molecular weight excluding hydrogens is 312 g/mol. The summed E-state index contributed by atoms with van der Waals surface area (Å²) in [6.07, 6.45) is 1.11. The van der Waals surface area contributed by atoms with Crippen LogP contribution in [-0.4, -0.2) is 23.0 Å². The molecule has 2 aromatic rings. The number of benzene rings is 2. The van der Waals surface area contributed by atoms with Crippen LogP contribution in [0.25, 0.3) is 0 Å². The van der Waals surface area contributed by atoms with E-state index in [2.05, 4.69) is 10.4 Å². The van der Waals surface area contributed by atoms with Gasteiger partial charge in [-0.3, -0.25) is 19.7 Å². The molecule has 0 heterocycles. The first-order valence-electron chi connectivity index (χ1n) is 6.92. The van der Waals surface area contributed by atoms with Gasteiger partial charge in [0.15, 0.2) is 0 Å². The van der Waals surface area contributed by atoms with Crippen LogP contribution in [0.5, 0.6) is 0 Å². The van der Waals surface area contributed by atoms with E-state index in [1.165, 1.54) is 18.2 Å². The van der Waals surface area contributed by atoms with E-state index in [4.69, 9.17) is 0 Å². The Morgan fingerprint density at radius 3 is 2.58 bits per heavy atom. The molecule has 0 spiro atoms. The van der Waals surface area contributed by atoms with Crippen LogP contribution in [0.15, 0.2) is 53.6 Å². The molecule has 0 saturated carbocycles. The maximum Gasteiger partial charge on any atom is 0.329 e. The zero-order chi connectivity index (χ0) is 17.5. The van der Waals surface area contributed by atoms with Crippen LogP contribution in [0.2, 0.25) is 0 Å². The third kappa shape index (κ3) is 4.47. The summed E-state index contributed by atoms with van der Waals surface area (Å²) in [6.45, 7) is 1.85. The van der Waals surface area contributed by atoms with Crippen molar-refractivity contribution in [2.75, 3.05) is 5.32 Å². The lowest BCUT2D eigenvalue weighted by molar-refractivity contribution is -0.385. The molecule has 0 atom stereocenters. The Balaban J connectivity index is 1.98. The predicted molar refractivity (Wildman–Crippen MR) is 88.6 cm³/mol. The molecule has 2 aromatic carbocycles. The molecular formula is C16H14N4O4. The Morgan fingerprint density at radius 2 is 1.88 bits per heavy atom. The number of rotatable bonds is 4. The fourth-order valence-corrected chi connectivity index (χ4v) is 1.88. The minimum Gasteiger partial charge on any atom is -0.318 e. The number of nitro benzene ring substituents is 1. The zero-order valence-corrected chi connectivity index (χ0v) is 12.7. The van der Waals surface area contributed by atoms with Gasteiger partial charge in [0.25, 0.3) is 5.69 Å². The first kappa shape index (κ1) is 16.8. The second-order valence-electron chi connectivity index (χ2n) is 4.84. The molecule has 8 nitrogen and oxygen atoms in total. The number of anilines is 1. The lowest BCUT2D eigenvalue weighted by atomic mass is 10.2. The number of hydrogen-bond donors (Lipinski definition) is 2. The van der Waals surface area contributed by atoms with Crippen molar-refractivity contribution in [1.82, 2.24) is 5.43 Å². The number of amides is 2. The lowest BCUT2D eigenvalue weighted by Gasteiger charge is -2.04. The molecule has 0 aliphatic rings. The first-order valence-corrected chi connectivity index (χ1v) is 6.92. The van der Waals surface area contributed by atoms with Crippen LogP contribution in [0.1, 0.15) is 11.1 Å². The van der Waals surface area contributed by atoms with E-state index < -0.39 is 16.7 Å². The van der Waals surface area contributed by atoms with E-state index in [1.54, 1.807) is 24.3 Å². The van der Waals surface area contributed by atoms with Gasteiger partial charge in [0.2, 0.25) is 0 Å². The number of nitrogens with zero attached hydrogens (tertiary/aromatic N) is 2. The molecule has 0 radical (unpaired) electrons. The molecule has 8 heteroatoms. The molecule has 2 N–H and O–H groups in total. The van der Waals surface area contributed by atoms with Gasteiger partial charge in [-0.2, -0.15) is 5.10 Å². The van der Waals surface area contributed by atoms with Crippen LogP contribution in [0, 0.1) is 17.0 Å². The number of para-hydroxylation sites is 1. The summed E-state index contributed by atoms with van der Waals surface area (Å²) >= 11 is 0. The third-order valence-electron chi connectivity index (χ3n) is 2.99. The maximum atomic E-state index is 11.7. The highest BCUT2D eigenvalue weighted by Crippen LogP contribution is 2.15. The number of carbonyl (C=O) groups excluding carboxylic acids is 2. The van der Waals surface area contributed by atoms with Gasteiger partial charge in [-0.05, 0) is 30.7 Å². The first-order chi connectivity index (χ1) is 11.5. The number of carbonyl (C=O) groups is 2. The molecule has 0 aromatic heterocycles. The number of nitro groups is 1. The van der Waals surface area contributed by atoms with Gasteiger partial charge >= 0.3 is 11.8 Å². The second kappa shape index (κ2) is 7.63. The van der Waals surface area contributed by atoms with Crippen LogP contribution in [0.4, 0.5) is 11.4 Å². The lowest BCUT2D eigenvalue weighted by Crippen LogP contribution is -2.32. The number of hydrogen-bond acceptors (Lipinski definition) is 5. The highest BCUT2D eigenvalue weighted by Gasteiger charge is 2.14. The van der Waals surface area contributed by atoms with E-state index in [9.17, 15) is 19.7 Å². The summed E-state index contributed by atoms with van der Waals surface area (Å²) in [5, 5.41) is 16.9. The van der Waals surface area contributed by atoms with E-state index in [1.807, 2.05) is 18.4 Å². The minimum atomic E-state index is -0.980. The Kier molecular flexibility index (Phi) is 5.35. The minimum absolute atomic E-state index is 0.153. The largest absolute Gasteiger partial charge is 0.329 e. The summed E-state index contributed by atoms with van der Waals surface area (Å²) in [6, 6.07) is 12.9. The topological polar surface area (TPSA) is 114 Å². The maximum absolute atomic E-state index is 11.7. The van der Waals surface area contributed by atoms with E-state index in [0.29, 0.717) is 5.69 Å². The molecule has 0 fully saturated rings. The van der Waals surface area contributed by atoms with Gasteiger partial charge in [-0.25, -0.2) is 5.43 Å². The average molecular weight is 326 g/mol. The molecule has 0 bridgehead atoms. The van der Waals surface area contributed by atoms with Crippen molar-refractivity contribution in [3.05, 3.63) is 69.8 Å². The highest BCUT2D eigenvalue weighted by atomic mass is 16.6. The average Bonchev–Trinajstić information content (AvgIpc) is 2.55. The second-order valence-corrected chi connectivity index (χ2v) is 4.84. The van der Waals surface area contributed by atoms with Crippen molar-refractivity contribution in [2.45, 2.75) is 6.92 Å². The highest BCUT2D eigenvalue weighted by molar-refractivity contribution is 6.39. The summed E-state index contributed by atoms with van der Waals surface area (Å²) in [7, 11) is 0. The molecule has 0 unspecified atom stereocenters. The van der Waals surface area contributed by atoms with Gasteiger partial charge < -0.3 is 5.32 Å². The van der Waals surface area contributed by atoms with Crippen molar-refractivity contribution >= 4 is 29.4 Å². The van der Waals surface area contributed by atoms with E-state index in [-0.39, 0.29) is 11.3 Å². The standard InChI is InChI=1S/C16H14N4O4/c1-11-5-4-7-13(9-11)18-15(21)16(22)19-17-10-12-6-2-3-8-14(12)20(23)24/h2-10H,1H3,(H,18,21)(H,19,22)/b17-10-. The Bertz CT molecular complexity index is 817. The Labute approximate surface area is 137 Å². The fraction of sp³-hybridized carbons (Fsp3) is 0.0625. The van der Waals surface area contributed by atoms with Crippen molar-refractivity contribution in [3.63, 3.8) is 0 Å². The molecule has 0 saturated heterocycles. The number of hydrazone groups is 1. The summed E-state index contributed by atoms with van der Waals surface area (Å²) in [5.74, 6) is -1.87. The molecule has 122 valence electrons. The van der Waals surface area contributed by atoms with Gasteiger partial charge in [-0.15, -0.1) is 0 Å². The summed E-state index contributed by atoms with van der Waals surface area (Å²) < 4.78 is 0. The number of aryl methyl sites for hydroxylation is 1. The smallest absolute Gasteiger partial charge is 0.318 e. The van der Waals surface area contributed by atoms with Crippen molar-refractivity contribution in [3.8, 4) is 0 Å². The SMILES string of the molecule is Cc1cccc(NC(=O)C(=O)N/N=C\c2ccccc2[N+](=O)[O-])c1. The van der Waals surface area contributed by atoms with Crippen molar-refractivity contribution in [2.24, 2.45) is 5.10 Å². The quantitative estimate of drug-likeness (QED) is 0.387. The Morgan fingerprint density at radius 1 is 1.12 bits per heavy atom. The normalized spacial score (nSPS) is 10.4. The monoisotopic (exact) mass is 326 g/mol. The van der Waals surface area contributed by atoms with Crippen molar-refractivity contribution < 1.29 is 14.5 Å². The van der Waals surface area contributed by atoms with Gasteiger partial charge in [0.05, 0.1) is 16.7 Å². The van der Waals surface area contributed by atoms with Crippen LogP contribution >= 0.6 is 0 Å². The number of nitrogens with one attached hydrogen (secondary N) is 2. The fourth-order valence-electron chi connectivity index (χ4n) is 1.88. The molecule has 0 aliphatic heterocycles. The third-order valence-corrected chi connectivity index (χ3v) is 2.99. The van der Waals surface area contributed by atoms with Gasteiger partial charge in [0.1, 0.15) is 0 Å². The molecule has 2 amide bonds. The molecule has 2 rings (SSSR count). The van der Waals surface area contributed by atoms with E-state index in [0.717, 1.165) is 11.8 Å².